The summed E-state index contributed by atoms with van der Waals surface area (Å²) in [5.41, 5.74) is 1.36. The molecule has 2 atom stereocenters. The molecule has 2 unspecified atom stereocenters. The fourth-order valence-electron chi connectivity index (χ4n) is 3.83. The Morgan fingerprint density at radius 2 is 2.03 bits per heavy atom. The van der Waals surface area contributed by atoms with E-state index in [-0.39, 0.29) is 30.1 Å². The zero-order valence-electron chi connectivity index (χ0n) is 17.6. The first-order chi connectivity index (χ1) is 13.8. The summed E-state index contributed by atoms with van der Waals surface area (Å²) in [5, 5.41) is 3.42. The zero-order valence-corrected chi connectivity index (χ0v) is 19.9. The SMILES string of the molecule is CCNC(=NCCOCCOC)N1CC2OCCN(Cc3ccccc3)C2C1.I. The summed E-state index contributed by atoms with van der Waals surface area (Å²) >= 11 is 0. The number of nitrogens with zero attached hydrogens (tertiary/aromatic N) is 3. The first kappa shape index (κ1) is 24.3. The molecule has 3 rings (SSSR count). The summed E-state index contributed by atoms with van der Waals surface area (Å²) in [4.78, 5) is 9.64. The van der Waals surface area contributed by atoms with Gasteiger partial charge in [0, 0.05) is 39.8 Å². The van der Waals surface area contributed by atoms with Crippen LogP contribution < -0.4 is 5.32 Å². The van der Waals surface area contributed by atoms with Crippen molar-refractivity contribution < 1.29 is 14.2 Å². The van der Waals surface area contributed by atoms with Gasteiger partial charge in [-0.1, -0.05) is 30.3 Å². The van der Waals surface area contributed by atoms with Crippen molar-refractivity contribution in [1.82, 2.24) is 15.1 Å². The predicted molar refractivity (Wildman–Crippen MR) is 126 cm³/mol. The van der Waals surface area contributed by atoms with Crippen molar-refractivity contribution in [3.05, 3.63) is 35.9 Å². The molecule has 8 heteroatoms. The van der Waals surface area contributed by atoms with Gasteiger partial charge in [-0.25, -0.2) is 0 Å². The Morgan fingerprint density at radius 1 is 1.21 bits per heavy atom. The highest BCUT2D eigenvalue weighted by atomic mass is 127. The molecule has 7 nitrogen and oxygen atoms in total. The van der Waals surface area contributed by atoms with E-state index >= 15 is 0 Å². The van der Waals surface area contributed by atoms with Gasteiger partial charge in [0.25, 0.3) is 0 Å². The highest BCUT2D eigenvalue weighted by molar-refractivity contribution is 14.0. The summed E-state index contributed by atoms with van der Waals surface area (Å²) in [7, 11) is 1.68. The fraction of sp³-hybridized carbons (Fsp3) is 0.667. The van der Waals surface area contributed by atoms with Crippen LogP contribution in [0, 0.1) is 0 Å². The molecule has 1 aromatic carbocycles. The molecule has 2 heterocycles. The second-order valence-corrected chi connectivity index (χ2v) is 7.18. The Labute approximate surface area is 191 Å². The van der Waals surface area contributed by atoms with E-state index < -0.39 is 0 Å². The van der Waals surface area contributed by atoms with Crippen molar-refractivity contribution in [3.8, 4) is 0 Å². The number of hydrogen-bond acceptors (Lipinski definition) is 5. The van der Waals surface area contributed by atoms with E-state index in [0.29, 0.717) is 32.4 Å². The lowest BCUT2D eigenvalue weighted by molar-refractivity contribution is -0.0502. The molecule has 2 aliphatic heterocycles. The highest BCUT2D eigenvalue weighted by Crippen LogP contribution is 2.24. The molecule has 0 aromatic heterocycles. The smallest absolute Gasteiger partial charge is 0.194 e. The van der Waals surface area contributed by atoms with Crippen LogP contribution in [0.3, 0.4) is 0 Å². The van der Waals surface area contributed by atoms with Crippen LogP contribution in [0.5, 0.6) is 0 Å². The lowest BCUT2D eigenvalue weighted by Crippen LogP contribution is -2.50. The van der Waals surface area contributed by atoms with E-state index in [9.17, 15) is 0 Å². The number of nitrogens with one attached hydrogen (secondary N) is 1. The topological polar surface area (TPSA) is 58.6 Å². The molecule has 2 fully saturated rings. The average Bonchev–Trinajstić information content (AvgIpc) is 3.16. The van der Waals surface area contributed by atoms with Crippen molar-refractivity contribution in [2.24, 2.45) is 4.99 Å². The van der Waals surface area contributed by atoms with E-state index in [1.165, 1.54) is 5.56 Å². The summed E-state index contributed by atoms with van der Waals surface area (Å²) in [6, 6.07) is 11.1. The maximum Gasteiger partial charge on any atom is 0.194 e. The number of rotatable bonds is 9. The molecule has 1 N–H and O–H groups in total. The summed E-state index contributed by atoms with van der Waals surface area (Å²) in [6.45, 7) is 10.00. The Morgan fingerprint density at radius 3 is 2.79 bits per heavy atom. The Hall–Kier alpha value is -0.940. The minimum absolute atomic E-state index is 0. The van der Waals surface area contributed by atoms with E-state index in [4.69, 9.17) is 19.2 Å². The second-order valence-electron chi connectivity index (χ2n) is 7.18. The molecule has 0 amide bonds. The van der Waals surface area contributed by atoms with Crippen molar-refractivity contribution in [2.45, 2.75) is 25.6 Å². The summed E-state index contributed by atoms with van der Waals surface area (Å²) in [5.74, 6) is 0.954. The van der Waals surface area contributed by atoms with E-state index in [2.05, 4.69) is 52.4 Å². The van der Waals surface area contributed by atoms with Crippen molar-refractivity contribution >= 4 is 29.9 Å². The van der Waals surface area contributed by atoms with Crippen LogP contribution in [0.4, 0.5) is 0 Å². The van der Waals surface area contributed by atoms with Gasteiger partial charge in [0.1, 0.15) is 0 Å². The van der Waals surface area contributed by atoms with E-state index in [0.717, 1.165) is 45.3 Å². The normalized spacial score (nSPS) is 22.3. The molecule has 0 aliphatic carbocycles. The number of methoxy groups -OCH3 is 1. The van der Waals surface area contributed by atoms with Crippen molar-refractivity contribution in [2.75, 3.05) is 66.3 Å². The number of guanidine groups is 1. The first-order valence-corrected chi connectivity index (χ1v) is 10.3. The van der Waals surface area contributed by atoms with Crippen LogP contribution >= 0.6 is 24.0 Å². The Balaban J connectivity index is 0.00000300. The molecular formula is C21H35IN4O3. The van der Waals surface area contributed by atoms with E-state index in [1.54, 1.807) is 7.11 Å². The Kier molecular flexibility index (Phi) is 11.2. The lowest BCUT2D eigenvalue weighted by atomic mass is 10.1. The minimum atomic E-state index is 0. The highest BCUT2D eigenvalue weighted by Gasteiger charge is 2.41. The molecule has 29 heavy (non-hydrogen) atoms. The Bertz CT molecular complexity index is 605. The second kappa shape index (κ2) is 13.4. The molecular weight excluding hydrogens is 483 g/mol. The minimum Gasteiger partial charge on any atom is -0.382 e. The molecule has 164 valence electrons. The van der Waals surface area contributed by atoms with Gasteiger partial charge in [0.05, 0.1) is 45.1 Å². The maximum absolute atomic E-state index is 6.09. The summed E-state index contributed by atoms with van der Waals surface area (Å²) in [6.07, 6.45) is 0.235. The van der Waals surface area contributed by atoms with E-state index in [1.807, 2.05) is 0 Å². The van der Waals surface area contributed by atoms with Gasteiger partial charge in [0.2, 0.25) is 0 Å². The third-order valence-corrected chi connectivity index (χ3v) is 5.21. The number of aliphatic imine (C=N–C) groups is 1. The van der Waals surface area contributed by atoms with Gasteiger partial charge in [-0.3, -0.25) is 9.89 Å². The van der Waals surface area contributed by atoms with Crippen molar-refractivity contribution in [3.63, 3.8) is 0 Å². The largest absolute Gasteiger partial charge is 0.382 e. The van der Waals surface area contributed by atoms with Crippen LogP contribution in [0.2, 0.25) is 0 Å². The van der Waals surface area contributed by atoms with Gasteiger partial charge >= 0.3 is 0 Å². The number of fused-ring (bicyclic) bond motifs is 1. The fourth-order valence-corrected chi connectivity index (χ4v) is 3.83. The quantitative estimate of drug-likeness (QED) is 0.233. The first-order valence-electron chi connectivity index (χ1n) is 10.3. The maximum atomic E-state index is 6.09. The standard InChI is InChI=1S/C21H34N4O3.HI/c1-3-22-21(23-9-11-27-14-13-26-2)25-16-19-20(17-25)28-12-10-24(19)15-18-7-5-4-6-8-18;/h4-8,19-20H,3,9-17H2,1-2H3,(H,22,23);1H. The molecule has 0 spiro atoms. The summed E-state index contributed by atoms with van der Waals surface area (Å²) < 4.78 is 16.6. The number of likely N-dealkylation sites (tertiary alicyclic amines) is 1. The zero-order chi connectivity index (χ0) is 19.6. The number of morpholine rings is 1. The molecule has 1 aromatic rings. The number of benzene rings is 1. The predicted octanol–water partition coefficient (Wildman–Crippen LogP) is 1.82. The van der Waals surface area contributed by atoms with Crippen LogP contribution in [0.25, 0.3) is 0 Å². The average molecular weight is 518 g/mol. The van der Waals surface area contributed by atoms with Gasteiger partial charge in [-0.05, 0) is 12.5 Å². The van der Waals surface area contributed by atoms with Crippen LogP contribution in [-0.4, -0.2) is 94.2 Å². The van der Waals surface area contributed by atoms with Crippen LogP contribution in [0.15, 0.2) is 35.3 Å². The van der Waals surface area contributed by atoms with Crippen LogP contribution in [-0.2, 0) is 20.8 Å². The number of ether oxygens (including phenoxy) is 3. The monoisotopic (exact) mass is 518 g/mol. The third-order valence-electron chi connectivity index (χ3n) is 5.21. The molecule has 0 radical (unpaired) electrons. The molecule has 0 saturated carbocycles. The third kappa shape index (κ3) is 7.36. The van der Waals surface area contributed by atoms with Crippen molar-refractivity contribution in [1.29, 1.82) is 0 Å². The van der Waals surface area contributed by atoms with Gasteiger partial charge in [0.15, 0.2) is 5.96 Å². The van der Waals surface area contributed by atoms with Gasteiger partial charge in [-0.2, -0.15) is 0 Å². The molecule has 2 saturated heterocycles. The van der Waals surface area contributed by atoms with Crippen LogP contribution in [0.1, 0.15) is 12.5 Å². The number of halogens is 1. The lowest BCUT2D eigenvalue weighted by Gasteiger charge is -2.36. The van der Waals surface area contributed by atoms with Gasteiger partial charge in [-0.15, -0.1) is 24.0 Å². The number of hydrogen-bond donors (Lipinski definition) is 1. The van der Waals surface area contributed by atoms with Gasteiger partial charge < -0.3 is 24.4 Å². The molecule has 2 aliphatic rings. The molecule has 0 bridgehead atoms.